The summed E-state index contributed by atoms with van der Waals surface area (Å²) in [4.78, 5) is 0. The van der Waals surface area contributed by atoms with Crippen molar-refractivity contribution in [2.24, 2.45) is 0 Å². The summed E-state index contributed by atoms with van der Waals surface area (Å²) in [6.07, 6.45) is 3.80. The fraction of sp³-hybridized carbons (Fsp3) is 0.333. The molecule has 0 fully saturated rings. The first-order valence-corrected chi connectivity index (χ1v) is 3.64. The highest BCUT2D eigenvalue weighted by atomic mass is 32.2. The first-order chi connectivity index (χ1) is 4.41. The Kier molecular flexibility index (Phi) is 7.53. The molecule has 9 heavy (non-hydrogen) atoms. The number of hydrogen-bond donors (Lipinski definition) is 2. The molecule has 0 saturated heterocycles. The molecule has 0 heterocycles. The van der Waals surface area contributed by atoms with E-state index in [9.17, 15) is 0 Å². The van der Waals surface area contributed by atoms with Gasteiger partial charge >= 0.3 is 0 Å². The first kappa shape index (κ1) is 8.75. The monoisotopic (exact) mass is 145 g/mol. The standard InChI is InChI=1S/C6H11NOS/c1-2-5-9-6-3-4-7-8/h2-3,5-8H,4H2,1H3/b5-2-,6-3-. The molecule has 52 valence electrons. The van der Waals surface area contributed by atoms with Gasteiger partial charge in [0.2, 0.25) is 0 Å². The third kappa shape index (κ3) is 7.75. The molecule has 0 rings (SSSR count). The zero-order chi connectivity index (χ0) is 6.95. The van der Waals surface area contributed by atoms with Crippen molar-refractivity contribution in [3.8, 4) is 0 Å². The average molecular weight is 145 g/mol. The van der Waals surface area contributed by atoms with E-state index in [4.69, 9.17) is 5.21 Å². The highest BCUT2D eigenvalue weighted by Crippen LogP contribution is 2.01. The van der Waals surface area contributed by atoms with Crippen molar-refractivity contribution in [3.05, 3.63) is 23.0 Å². The van der Waals surface area contributed by atoms with Crippen LogP contribution in [0, 0.1) is 0 Å². The summed E-state index contributed by atoms with van der Waals surface area (Å²) in [6.45, 7) is 2.47. The molecule has 0 saturated carbocycles. The van der Waals surface area contributed by atoms with E-state index in [1.807, 2.05) is 35.4 Å². The van der Waals surface area contributed by atoms with E-state index in [1.165, 1.54) is 0 Å². The van der Waals surface area contributed by atoms with Gasteiger partial charge in [-0.2, -0.15) is 0 Å². The van der Waals surface area contributed by atoms with Gasteiger partial charge in [-0.15, -0.1) is 11.8 Å². The number of hydroxylamine groups is 1. The quantitative estimate of drug-likeness (QED) is 0.591. The fourth-order valence-corrected chi connectivity index (χ4v) is 0.735. The van der Waals surface area contributed by atoms with Crippen molar-refractivity contribution in [1.82, 2.24) is 5.48 Å². The predicted octanol–water partition coefficient (Wildman–Crippen LogP) is 1.75. The Bertz CT molecular complexity index is 101. The zero-order valence-electron chi connectivity index (χ0n) is 5.37. The second-order valence-corrected chi connectivity index (χ2v) is 2.16. The lowest BCUT2D eigenvalue weighted by atomic mass is 10.7. The maximum atomic E-state index is 8.09. The van der Waals surface area contributed by atoms with Crippen LogP contribution in [0.2, 0.25) is 0 Å². The molecular formula is C6H11NOS. The smallest absolute Gasteiger partial charge is 0.0396 e. The highest BCUT2D eigenvalue weighted by Gasteiger charge is 1.69. The minimum absolute atomic E-state index is 0.505. The molecule has 0 amide bonds. The van der Waals surface area contributed by atoms with Crippen LogP contribution < -0.4 is 5.48 Å². The summed E-state index contributed by atoms with van der Waals surface area (Å²) < 4.78 is 0. The van der Waals surface area contributed by atoms with Crippen LogP contribution in [0.15, 0.2) is 23.0 Å². The number of allylic oxidation sites excluding steroid dienone is 1. The molecule has 0 aliphatic rings. The molecule has 0 aromatic rings. The minimum Gasteiger partial charge on any atom is -0.317 e. The molecule has 3 heteroatoms. The minimum atomic E-state index is 0.505. The lowest BCUT2D eigenvalue weighted by molar-refractivity contribution is 0.179. The Labute approximate surface area is 59.6 Å². The Morgan fingerprint density at radius 2 is 2.33 bits per heavy atom. The average Bonchev–Trinajstić information content (AvgIpc) is 1.89. The van der Waals surface area contributed by atoms with Crippen LogP contribution in [0.4, 0.5) is 0 Å². The van der Waals surface area contributed by atoms with Crippen LogP contribution in [0.3, 0.4) is 0 Å². The van der Waals surface area contributed by atoms with Crippen molar-refractivity contribution in [1.29, 1.82) is 0 Å². The largest absolute Gasteiger partial charge is 0.317 e. The van der Waals surface area contributed by atoms with E-state index in [1.54, 1.807) is 11.8 Å². The van der Waals surface area contributed by atoms with Crippen LogP contribution in [0.25, 0.3) is 0 Å². The third-order valence-electron chi connectivity index (χ3n) is 0.599. The van der Waals surface area contributed by atoms with Crippen molar-refractivity contribution in [3.63, 3.8) is 0 Å². The second kappa shape index (κ2) is 7.75. The maximum absolute atomic E-state index is 8.09. The van der Waals surface area contributed by atoms with Gasteiger partial charge in [-0.3, -0.25) is 0 Å². The van der Waals surface area contributed by atoms with Crippen molar-refractivity contribution >= 4 is 11.8 Å². The van der Waals surface area contributed by atoms with E-state index in [-0.39, 0.29) is 0 Å². The van der Waals surface area contributed by atoms with Crippen molar-refractivity contribution in [2.45, 2.75) is 6.92 Å². The topological polar surface area (TPSA) is 32.3 Å². The lowest BCUT2D eigenvalue weighted by Gasteiger charge is -1.84. The molecule has 2 N–H and O–H groups in total. The molecular weight excluding hydrogens is 134 g/mol. The van der Waals surface area contributed by atoms with E-state index < -0.39 is 0 Å². The summed E-state index contributed by atoms with van der Waals surface area (Å²) in [7, 11) is 0. The van der Waals surface area contributed by atoms with Gasteiger partial charge in [-0.05, 0) is 17.7 Å². The van der Waals surface area contributed by atoms with Gasteiger partial charge in [0, 0.05) is 6.54 Å². The highest BCUT2D eigenvalue weighted by molar-refractivity contribution is 8.04. The van der Waals surface area contributed by atoms with Crippen molar-refractivity contribution < 1.29 is 5.21 Å². The molecule has 2 nitrogen and oxygen atoms in total. The van der Waals surface area contributed by atoms with E-state index >= 15 is 0 Å². The number of nitrogens with one attached hydrogen (secondary N) is 1. The molecule has 0 unspecified atom stereocenters. The van der Waals surface area contributed by atoms with Gasteiger partial charge < -0.3 is 5.21 Å². The number of hydrogen-bond acceptors (Lipinski definition) is 3. The summed E-state index contributed by atoms with van der Waals surface area (Å²) in [5.41, 5.74) is 2.02. The van der Waals surface area contributed by atoms with Gasteiger partial charge in [0.05, 0.1) is 0 Å². The summed E-state index contributed by atoms with van der Waals surface area (Å²) in [5.74, 6) is 0. The summed E-state index contributed by atoms with van der Waals surface area (Å²) in [5, 5.41) is 12.0. The van der Waals surface area contributed by atoms with Gasteiger partial charge in [0.1, 0.15) is 0 Å². The molecule has 0 bridgehead atoms. The van der Waals surface area contributed by atoms with Crippen LogP contribution in [0.1, 0.15) is 6.92 Å². The Hall–Kier alpha value is -0.250. The number of rotatable bonds is 4. The third-order valence-corrected chi connectivity index (χ3v) is 1.38. The molecule has 0 aromatic heterocycles. The summed E-state index contributed by atoms with van der Waals surface area (Å²) >= 11 is 1.58. The Morgan fingerprint density at radius 3 is 2.89 bits per heavy atom. The van der Waals surface area contributed by atoms with E-state index in [0.717, 1.165) is 0 Å². The zero-order valence-corrected chi connectivity index (χ0v) is 6.19. The van der Waals surface area contributed by atoms with Crippen LogP contribution in [0.5, 0.6) is 0 Å². The van der Waals surface area contributed by atoms with Crippen molar-refractivity contribution in [2.75, 3.05) is 6.54 Å². The Morgan fingerprint density at radius 1 is 1.56 bits per heavy atom. The van der Waals surface area contributed by atoms with Gasteiger partial charge in [0.25, 0.3) is 0 Å². The van der Waals surface area contributed by atoms with Crippen LogP contribution in [-0.4, -0.2) is 11.8 Å². The van der Waals surface area contributed by atoms with Gasteiger partial charge in [-0.25, -0.2) is 5.48 Å². The van der Waals surface area contributed by atoms with E-state index in [2.05, 4.69) is 0 Å². The lowest BCUT2D eigenvalue weighted by Crippen LogP contribution is -2.04. The van der Waals surface area contributed by atoms with Crippen LogP contribution in [-0.2, 0) is 0 Å². The molecule has 0 radical (unpaired) electrons. The fourth-order valence-electron chi connectivity index (χ4n) is 0.280. The predicted molar refractivity (Wildman–Crippen MR) is 41.3 cm³/mol. The SMILES string of the molecule is C/C=C\S/C=C\CNO. The van der Waals surface area contributed by atoms with Gasteiger partial charge in [-0.1, -0.05) is 12.2 Å². The molecule has 0 spiro atoms. The Balaban J connectivity index is 3.04. The normalized spacial score (nSPS) is 11.8. The number of thioether (sulfide) groups is 1. The van der Waals surface area contributed by atoms with E-state index in [0.29, 0.717) is 6.54 Å². The molecule has 0 aliphatic carbocycles. The molecule has 0 aliphatic heterocycles. The summed E-state index contributed by atoms with van der Waals surface area (Å²) in [6, 6.07) is 0. The first-order valence-electron chi connectivity index (χ1n) is 2.70. The molecule has 0 atom stereocenters. The van der Waals surface area contributed by atoms with Gasteiger partial charge in [0.15, 0.2) is 0 Å². The second-order valence-electron chi connectivity index (χ2n) is 1.34. The molecule has 0 aromatic carbocycles. The maximum Gasteiger partial charge on any atom is 0.0396 e. The van der Waals surface area contributed by atoms with Crippen LogP contribution >= 0.6 is 11.8 Å².